The van der Waals surface area contributed by atoms with Gasteiger partial charge in [0.05, 0.1) is 10.6 Å². The van der Waals surface area contributed by atoms with Gasteiger partial charge in [0.15, 0.2) is 5.76 Å². The lowest BCUT2D eigenvalue weighted by atomic mass is 10.1. The van der Waals surface area contributed by atoms with E-state index in [0.717, 1.165) is 5.39 Å². The highest BCUT2D eigenvalue weighted by Crippen LogP contribution is 2.36. The van der Waals surface area contributed by atoms with E-state index in [1.54, 1.807) is 18.2 Å². The van der Waals surface area contributed by atoms with Crippen molar-refractivity contribution in [2.75, 3.05) is 0 Å². The highest BCUT2D eigenvalue weighted by molar-refractivity contribution is 6.32. The van der Waals surface area contributed by atoms with E-state index >= 15 is 0 Å². The van der Waals surface area contributed by atoms with Crippen molar-refractivity contribution in [3.8, 4) is 11.5 Å². The number of Topliss-reactive ketones (excluding diaryl/α,β-unsaturated/α-hetero) is 1. The fraction of sp³-hybridized carbons (Fsp3) is 0. The average Bonchev–Trinajstić information content (AvgIpc) is 3.32. The van der Waals surface area contributed by atoms with Gasteiger partial charge in [-0.1, -0.05) is 35.9 Å². The molecule has 152 valence electrons. The van der Waals surface area contributed by atoms with Gasteiger partial charge in [0.1, 0.15) is 22.9 Å². The van der Waals surface area contributed by atoms with Crippen LogP contribution in [0.15, 0.2) is 76.9 Å². The van der Waals surface area contributed by atoms with E-state index < -0.39 is 17.6 Å². The molecular weight excluding hydrogens is 423 g/mol. The highest BCUT2D eigenvalue weighted by Gasteiger charge is 2.29. The Morgan fingerprint density at radius 1 is 1.03 bits per heavy atom. The molecule has 0 aliphatic carbocycles. The minimum absolute atomic E-state index is 0.0495. The number of fused-ring (bicyclic) bond motifs is 2. The minimum atomic E-state index is -0.686. The normalized spacial score (nSPS) is 14.0. The third kappa shape index (κ3) is 3.47. The molecule has 5 rings (SSSR count). The third-order valence-electron chi connectivity index (χ3n) is 4.75. The van der Waals surface area contributed by atoms with Crippen molar-refractivity contribution in [1.29, 1.82) is 0 Å². The van der Waals surface area contributed by atoms with Crippen LogP contribution in [0.25, 0.3) is 17.0 Å². The summed E-state index contributed by atoms with van der Waals surface area (Å²) >= 11 is 6.02. The molecule has 0 N–H and O–H groups in total. The molecule has 4 aromatic rings. The lowest BCUT2D eigenvalue weighted by molar-refractivity contribution is 0.0703. The van der Waals surface area contributed by atoms with Gasteiger partial charge in [-0.05, 0) is 42.5 Å². The van der Waals surface area contributed by atoms with E-state index in [2.05, 4.69) is 0 Å². The molecule has 1 aliphatic heterocycles. The molecule has 0 bridgehead atoms. The highest BCUT2D eigenvalue weighted by atomic mass is 35.5. The lowest BCUT2D eigenvalue weighted by Crippen LogP contribution is -2.07. The van der Waals surface area contributed by atoms with Crippen molar-refractivity contribution in [3.63, 3.8) is 0 Å². The van der Waals surface area contributed by atoms with Crippen LogP contribution in [0.5, 0.6) is 11.5 Å². The molecule has 0 spiro atoms. The number of rotatable bonds is 3. The maximum Gasteiger partial charge on any atom is 0.379 e. The van der Waals surface area contributed by atoms with Gasteiger partial charge in [0, 0.05) is 17.0 Å². The number of ether oxygens (including phenoxy) is 2. The van der Waals surface area contributed by atoms with Crippen LogP contribution >= 0.6 is 11.6 Å². The summed E-state index contributed by atoms with van der Waals surface area (Å²) in [4.78, 5) is 25.0. The van der Waals surface area contributed by atoms with E-state index in [-0.39, 0.29) is 39.2 Å². The Labute approximate surface area is 180 Å². The summed E-state index contributed by atoms with van der Waals surface area (Å²) in [6.45, 7) is 0. The molecule has 3 aromatic carbocycles. The number of carbonyl (C=O) groups excluding carboxylic acids is 2. The van der Waals surface area contributed by atoms with Crippen LogP contribution in [-0.2, 0) is 0 Å². The van der Waals surface area contributed by atoms with Gasteiger partial charge in [-0.15, -0.1) is 0 Å². The number of furan rings is 1. The van der Waals surface area contributed by atoms with Gasteiger partial charge >= 0.3 is 5.97 Å². The van der Waals surface area contributed by atoms with Crippen LogP contribution in [0.1, 0.15) is 26.5 Å². The molecule has 0 saturated heterocycles. The van der Waals surface area contributed by atoms with Crippen LogP contribution in [0.2, 0.25) is 5.02 Å². The van der Waals surface area contributed by atoms with E-state index in [4.69, 9.17) is 25.5 Å². The molecule has 0 amide bonds. The summed E-state index contributed by atoms with van der Waals surface area (Å²) in [6.07, 6.45) is 1.25. The number of carbonyl (C=O) groups is 2. The summed E-state index contributed by atoms with van der Waals surface area (Å²) in [5, 5.41) is 0.930. The Bertz CT molecular complexity index is 1350. The predicted octanol–water partition coefficient (Wildman–Crippen LogP) is 6.06. The first-order chi connectivity index (χ1) is 15.0. The molecule has 31 heavy (non-hydrogen) atoms. The van der Waals surface area contributed by atoms with Gasteiger partial charge in [0.25, 0.3) is 0 Å². The van der Waals surface area contributed by atoms with Gasteiger partial charge in [-0.3, -0.25) is 4.79 Å². The third-order valence-corrected chi connectivity index (χ3v) is 5.08. The monoisotopic (exact) mass is 434 g/mol. The van der Waals surface area contributed by atoms with Gasteiger partial charge < -0.3 is 13.9 Å². The summed E-state index contributed by atoms with van der Waals surface area (Å²) in [7, 11) is 0. The molecule has 0 fully saturated rings. The van der Waals surface area contributed by atoms with Gasteiger partial charge in [0.2, 0.25) is 11.5 Å². The summed E-state index contributed by atoms with van der Waals surface area (Å²) in [5.41, 5.74) is 0.887. The second-order valence-corrected chi connectivity index (χ2v) is 7.18. The molecule has 0 atom stereocenters. The van der Waals surface area contributed by atoms with Crippen LogP contribution in [0.3, 0.4) is 0 Å². The Balaban J connectivity index is 1.40. The topological polar surface area (TPSA) is 65.7 Å². The quantitative estimate of drug-likeness (QED) is 0.223. The average molecular weight is 435 g/mol. The number of ketones is 1. The standard InChI is InChI=1S/C24H12ClFO5/c25-17-5-3-6-18(26)16(17)12-21-23(27)15-9-8-14(11-20(15)31-21)29-24(28)22-10-13-4-1-2-7-19(13)30-22/h1-12H/b21-12-. The maximum atomic E-state index is 14.0. The number of para-hydroxylation sites is 1. The van der Waals surface area contributed by atoms with Crippen LogP contribution < -0.4 is 9.47 Å². The van der Waals surface area contributed by atoms with E-state index in [9.17, 15) is 14.0 Å². The molecule has 5 nitrogen and oxygen atoms in total. The Morgan fingerprint density at radius 2 is 1.87 bits per heavy atom. The molecule has 2 heterocycles. The van der Waals surface area contributed by atoms with E-state index in [1.165, 1.54) is 42.5 Å². The van der Waals surface area contributed by atoms with Gasteiger partial charge in [-0.25, -0.2) is 9.18 Å². The van der Waals surface area contributed by atoms with E-state index in [1.807, 2.05) is 12.1 Å². The largest absolute Gasteiger partial charge is 0.452 e. The molecule has 7 heteroatoms. The predicted molar refractivity (Wildman–Crippen MR) is 112 cm³/mol. The number of hydrogen-bond acceptors (Lipinski definition) is 5. The van der Waals surface area contributed by atoms with Crippen molar-refractivity contribution in [3.05, 3.63) is 100 Å². The zero-order valence-corrected chi connectivity index (χ0v) is 16.5. The zero-order chi connectivity index (χ0) is 21.5. The molecule has 1 aliphatic rings. The van der Waals surface area contributed by atoms with Crippen molar-refractivity contribution < 1.29 is 27.9 Å². The molecule has 0 saturated carbocycles. The first kappa shape index (κ1) is 19.1. The Hall–Kier alpha value is -3.90. The van der Waals surface area contributed by atoms with E-state index in [0.29, 0.717) is 5.58 Å². The summed E-state index contributed by atoms with van der Waals surface area (Å²) in [5.74, 6) is -1.36. The zero-order valence-electron chi connectivity index (χ0n) is 15.7. The number of allylic oxidation sites excluding steroid dienone is 1. The first-order valence-corrected chi connectivity index (χ1v) is 9.60. The molecule has 1 aromatic heterocycles. The first-order valence-electron chi connectivity index (χ1n) is 9.23. The lowest BCUT2D eigenvalue weighted by Gasteiger charge is -2.04. The van der Waals surface area contributed by atoms with Crippen LogP contribution in [0.4, 0.5) is 4.39 Å². The SMILES string of the molecule is O=C(Oc1ccc2c(c1)O/C(=C\c1c(F)cccc1Cl)C2=O)c1cc2ccccc2o1. The number of esters is 1. The second-order valence-electron chi connectivity index (χ2n) is 6.77. The van der Waals surface area contributed by atoms with Crippen molar-refractivity contribution in [2.24, 2.45) is 0 Å². The Morgan fingerprint density at radius 3 is 2.68 bits per heavy atom. The molecule has 0 radical (unpaired) electrons. The fourth-order valence-electron chi connectivity index (χ4n) is 3.25. The summed E-state index contributed by atoms with van der Waals surface area (Å²) < 4.78 is 30.5. The summed E-state index contributed by atoms with van der Waals surface area (Å²) in [6, 6.07) is 17.4. The van der Waals surface area contributed by atoms with Crippen LogP contribution in [0, 0.1) is 5.82 Å². The minimum Gasteiger partial charge on any atom is -0.452 e. The van der Waals surface area contributed by atoms with Crippen molar-refractivity contribution in [1.82, 2.24) is 0 Å². The number of benzene rings is 3. The van der Waals surface area contributed by atoms with Crippen molar-refractivity contribution in [2.45, 2.75) is 0 Å². The van der Waals surface area contributed by atoms with Crippen LogP contribution in [-0.4, -0.2) is 11.8 Å². The Kier molecular flexibility index (Phi) is 4.56. The van der Waals surface area contributed by atoms with Gasteiger partial charge in [-0.2, -0.15) is 0 Å². The smallest absolute Gasteiger partial charge is 0.379 e. The van der Waals surface area contributed by atoms with Crippen molar-refractivity contribution >= 4 is 40.4 Å². The molecule has 0 unspecified atom stereocenters. The molecular formula is C24H12ClFO5. The second kappa shape index (κ2) is 7.41. The number of hydrogen-bond donors (Lipinski definition) is 0. The fourth-order valence-corrected chi connectivity index (χ4v) is 3.47. The maximum absolute atomic E-state index is 14.0. The number of halogens is 2.